The van der Waals surface area contributed by atoms with Gasteiger partial charge in [-0.15, -0.1) is 0 Å². The van der Waals surface area contributed by atoms with Crippen molar-refractivity contribution in [2.24, 2.45) is 0 Å². The van der Waals surface area contributed by atoms with Crippen molar-refractivity contribution in [3.05, 3.63) is 71.3 Å². The van der Waals surface area contributed by atoms with Crippen LogP contribution in [0.5, 0.6) is 0 Å². The molecule has 0 unspecified atom stereocenters. The van der Waals surface area contributed by atoms with Crippen molar-refractivity contribution < 1.29 is 19.5 Å². The van der Waals surface area contributed by atoms with Gasteiger partial charge in [-0.05, 0) is 36.1 Å². The van der Waals surface area contributed by atoms with Crippen LogP contribution in [-0.2, 0) is 22.6 Å². The van der Waals surface area contributed by atoms with Crippen LogP contribution in [0.3, 0.4) is 0 Å². The van der Waals surface area contributed by atoms with E-state index in [4.69, 9.17) is 0 Å². The number of likely N-dealkylation sites (tertiary alicyclic amines) is 1. The third kappa shape index (κ3) is 5.19. The van der Waals surface area contributed by atoms with Gasteiger partial charge in [-0.25, -0.2) is 0 Å². The highest BCUT2D eigenvalue weighted by Crippen LogP contribution is 2.15. The maximum atomic E-state index is 12.8. The summed E-state index contributed by atoms with van der Waals surface area (Å²) in [6.07, 6.45) is 2.08. The molecule has 1 saturated heterocycles. The quantitative estimate of drug-likeness (QED) is 0.764. The molecule has 0 aliphatic carbocycles. The molecule has 1 aliphatic heterocycles. The summed E-state index contributed by atoms with van der Waals surface area (Å²) < 4.78 is 0. The summed E-state index contributed by atoms with van der Waals surface area (Å²) in [6.45, 7) is 1.31. The molecular formula is C22H24N2O4. The molecule has 146 valence electrons. The van der Waals surface area contributed by atoms with E-state index in [1.54, 1.807) is 12.1 Å². The number of carboxylic acid groups (broad SMARTS) is 1. The largest absolute Gasteiger partial charge is 0.480 e. The number of nitrogens with zero attached hydrogens (tertiary/aromatic N) is 2. The second kappa shape index (κ2) is 9.17. The minimum atomic E-state index is -1.04. The van der Waals surface area contributed by atoms with Crippen molar-refractivity contribution in [1.29, 1.82) is 0 Å². The van der Waals surface area contributed by atoms with Crippen LogP contribution in [0.25, 0.3) is 0 Å². The van der Waals surface area contributed by atoms with E-state index >= 15 is 0 Å². The molecular weight excluding hydrogens is 356 g/mol. The van der Waals surface area contributed by atoms with Crippen molar-refractivity contribution >= 4 is 17.8 Å². The smallest absolute Gasteiger partial charge is 0.323 e. The van der Waals surface area contributed by atoms with Gasteiger partial charge >= 0.3 is 5.97 Å². The summed E-state index contributed by atoms with van der Waals surface area (Å²) in [6, 6.07) is 16.7. The van der Waals surface area contributed by atoms with Gasteiger partial charge in [0.1, 0.15) is 6.54 Å². The molecule has 3 rings (SSSR count). The van der Waals surface area contributed by atoms with Crippen LogP contribution in [0.1, 0.15) is 34.3 Å². The lowest BCUT2D eigenvalue weighted by atomic mass is 10.1. The third-order valence-corrected chi connectivity index (χ3v) is 4.87. The van der Waals surface area contributed by atoms with Crippen molar-refractivity contribution in [2.45, 2.75) is 25.8 Å². The fourth-order valence-corrected chi connectivity index (χ4v) is 3.35. The Morgan fingerprint density at radius 3 is 2.32 bits per heavy atom. The van der Waals surface area contributed by atoms with E-state index in [0.29, 0.717) is 31.5 Å². The van der Waals surface area contributed by atoms with E-state index in [9.17, 15) is 19.5 Å². The lowest BCUT2D eigenvalue weighted by molar-refractivity contribution is -0.137. The maximum Gasteiger partial charge on any atom is 0.323 e. The fraction of sp³-hybridized carbons (Fsp3) is 0.318. The van der Waals surface area contributed by atoms with Crippen molar-refractivity contribution in [2.75, 3.05) is 19.6 Å². The van der Waals surface area contributed by atoms with Crippen LogP contribution < -0.4 is 0 Å². The Labute approximate surface area is 164 Å². The Balaban J connectivity index is 1.65. The number of rotatable bonds is 8. The van der Waals surface area contributed by atoms with E-state index in [1.807, 2.05) is 47.4 Å². The first-order valence-electron chi connectivity index (χ1n) is 9.44. The summed E-state index contributed by atoms with van der Waals surface area (Å²) in [5.74, 6) is -1.18. The molecule has 2 aromatic rings. The van der Waals surface area contributed by atoms with Gasteiger partial charge in [0.15, 0.2) is 0 Å². The predicted octanol–water partition coefficient (Wildman–Crippen LogP) is 2.58. The molecule has 0 saturated carbocycles. The van der Waals surface area contributed by atoms with Gasteiger partial charge in [-0.2, -0.15) is 0 Å². The molecule has 0 bridgehead atoms. The average Bonchev–Trinajstić information content (AvgIpc) is 3.10. The summed E-state index contributed by atoms with van der Waals surface area (Å²) in [4.78, 5) is 38.9. The lowest BCUT2D eigenvalue weighted by Gasteiger charge is -2.21. The van der Waals surface area contributed by atoms with Crippen molar-refractivity contribution in [3.8, 4) is 0 Å². The first kappa shape index (κ1) is 19.6. The van der Waals surface area contributed by atoms with E-state index in [1.165, 1.54) is 4.90 Å². The van der Waals surface area contributed by atoms with Crippen LogP contribution >= 0.6 is 0 Å². The molecule has 6 nitrogen and oxygen atoms in total. The van der Waals surface area contributed by atoms with Crippen LogP contribution in [-0.4, -0.2) is 52.3 Å². The van der Waals surface area contributed by atoms with E-state index < -0.39 is 5.97 Å². The molecule has 1 heterocycles. The highest BCUT2D eigenvalue weighted by atomic mass is 16.4. The summed E-state index contributed by atoms with van der Waals surface area (Å²) in [5.41, 5.74) is 2.46. The van der Waals surface area contributed by atoms with Gasteiger partial charge in [0.2, 0.25) is 5.91 Å². The first-order valence-corrected chi connectivity index (χ1v) is 9.44. The van der Waals surface area contributed by atoms with Crippen LogP contribution in [0.4, 0.5) is 0 Å². The summed E-state index contributed by atoms with van der Waals surface area (Å²) in [5, 5.41) is 9.17. The number of hydrogen-bond donors (Lipinski definition) is 1. The fourth-order valence-electron chi connectivity index (χ4n) is 3.35. The highest BCUT2D eigenvalue weighted by Gasteiger charge is 2.21. The summed E-state index contributed by atoms with van der Waals surface area (Å²) >= 11 is 0. The van der Waals surface area contributed by atoms with Gasteiger partial charge in [0.05, 0.1) is 0 Å². The summed E-state index contributed by atoms with van der Waals surface area (Å²) in [7, 11) is 0. The molecule has 28 heavy (non-hydrogen) atoms. The van der Waals surface area contributed by atoms with Gasteiger partial charge in [0.25, 0.3) is 5.91 Å². The minimum absolute atomic E-state index is 0.161. The number of aliphatic carboxylic acids is 1. The Hall–Kier alpha value is -3.15. The molecule has 1 fully saturated rings. The molecule has 2 aromatic carbocycles. The number of amides is 2. The SMILES string of the molecule is O=C(O)CN(CCc1ccccc1)C(=O)c1ccc(CN2CCCC2=O)cc1. The monoisotopic (exact) mass is 380 g/mol. The third-order valence-electron chi connectivity index (χ3n) is 4.87. The highest BCUT2D eigenvalue weighted by molar-refractivity contribution is 5.95. The zero-order valence-corrected chi connectivity index (χ0v) is 15.7. The van der Waals surface area contributed by atoms with Crippen molar-refractivity contribution in [1.82, 2.24) is 9.80 Å². The van der Waals surface area contributed by atoms with Crippen LogP contribution in [0.2, 0.25) is 0 Å². The normalized spacial score (nSPS) is 13.6. The van der Waals surface area contributed by atoms with Gasteiger partial charge in [-0.3, -0.25) is 14.4 Å². The van der Waals surface area contributed by atoms with Gasteiger partial charge in [-0.1, -0.05) is 42.5 Å². The molecule has 2 amide bonds. The predicted molar refractivity (Wildman–Crippen MR) is 105 cm³/mol. The maximum absolute atomic E-state index is 12.8. The Kier molecular flexibility index (Phi) is 6.42. The standard InChI is InChI=1S/C22H24N2O4/c25-20-7-4-13-23(20)15-18-8-10-19(11-9-18)22(28)24(16-21(26)27)14-12-17-5-2-1-3-6-17/h1-3,5-6,8-11H,4,7,12-16H2,(H,26,27). The van der Waals surface area contributed by atoms with Crippen LogP contribution in [0, 0.1) is 0 Å². The van der Waals surface area contributed by atoms with Gasteiger partial charge < -0.3 is 14.9 Å². The minimum Gasteiger partial charge on any atom is -0.480 e. The molecule has 6 heteroatoms. The molecule has 0 spiro atoms. The number of carbonyl (C=O) groups excluding carboxylic acids is 2. The average molecular weight is 380 g/mol. The molecule has 0 atom stereocenters. The lowest BCUT2D eigenvalue weighted by Crippen LogP contribution is -2.37. The van der Waals surface area contributed by atoms with E-state index in [2.05, 4.69) is 0 Å². The number of carbonyl (C=O) groups is 3. The Morgan fingerprint density at radius 1 is 1.00 bits per heavy atom. The second-order valence-corrected chi connectivity index (χ2v) is 6.97. The Morgan fingerprint density at radius 2 is 1.71 bits per heavy atom. The molecule has 0 aromatic heterocycles. The first-order chi connectivity index (χ1) is 13.5. The zero-order valence-electron chi connectivity index (χ0n) is 15.7. The Bertz CT molecular complexity index is 833. The second-order valence-electron chi connectivity index (χ2n) is 6.97. The van der Waals surface area contributed by atoms with Crippen molar-refractivity contribution in [3.63, 3.8) is 0 Å². The van der Waals surface area contributed by atoms with E-state index in [-0.39, 0.29) is 18.4 Å². The number of benzene rings is 2. The molecule has 1 N–H and O–H groups in total. The molecule has 1 aliphatic rings. The topological polar surface area (TPSA) is 77.9 Å². The number of hydrogen-bond acceptors (Lipinski definition) is 3. The number of carboxylic acids is 1. The van der Waals surface area contributed by atoms with Gasteiger partial charge in [0, 0.05) is 31.6 Å². The zero-order chi connectivity index (χ0) is 19.9. The molecule has 0 radical (unpaired) electrons. The van der Waals surface area contributed by atoms with Crippen LogP contribution in [0.15, 0.2) is 54.6 Å². The van der Waals surface area contributed by atoms with E-state index in [0.717, 1.165) is 24.1 Å².